The van der Waals surface area contributed by atoms with Gasteiger partial charge in [-0.3, -0.25) is 0 Å². The molecule has 4 fully saturated rings. The van der Waals surface area contributed by atoms with Gasteiger partial charge in [-0.25, -0.2) is 26.3 Å². The molecule has 0 unspecified atom stereocenters. The van der Waals surface area contributed by atoms with E-state index in [1.54, 1.807) is 0 Å². The minimum absolute atomic E-state index is 0.151. The van der Waals surface area contributed by atoms with Crippen LogP contribution in [0.4, 0.5) is 26.3 Å². The zero-order valence-corrected chi connectivity index (χ0v) is 21.9. The first kappa shape index (κ1) is 28.5. The third-order valence-electron chi connectivity index (χ3n) is 11.6. The molecule has 0 spiro atoms. The predicted molar refractivity (Wildman–Crippen MR) is 126 cm³/mol. The lowest BCUT2D eigenvalue weighted by Gasteiger charge is -2.61. The maximum atomic E-state index is 13.1. The van der Waals surface area contributed by atoms with Crippen LogP contribution < -0.4 is 0 Å². The van der Waals surface area contributed by atoms with Crippen LogP contribution >= 0.6 is 0 Å². The van der Waals surface area contributed by atoms with Crippen LogP contribution in [0.15, 0.2) is 0 Å². The fourth-order valence-electron chi connectivity index (χ4n) is 9.54. The quantitative estimate of drug-likeness (QED) is 0.244. The standard InChI is InChI=1S/C28H44F6O2/c1-16(5-4-14-36-28(23(29)30,24(31)32)25(33)34)20-8-9-21-19-7-6-17-15-18(35)10-12-26(17,2)22(19)11-13-27(20,21)3/h16-25,35H,4-15H2,1-3H3/t16-,17-,18-,19+,20-,21+,22+,26+,27-/m1/s1. The van der Waals surface area contributed by atoms with Crippen molar-refractivity contribution in [3.63, 3.8) is 0 Å². The first-order chi connectivity index (χ1) is 16.9. The van der Waals surface area contributed by atoms with Gasteiger partial charge >= 0.3 is 0 Å². The Labute approximate surface area is 211 Å². The fraction of sp³-hybridized carbons (Fsp3) is 1.00. The Hall–Kier alpha value is -0.500. The second-order valence-electron chi connectivity index (χ2n) is 13.0. The van der Waals surface area contributed by atoms with Crippen molar-refractivity contribution in [2.45, 2.75) is 122 Å². The molecule has 9 atom stereocenters. The van der Waals surface area contributed by atoms with Gasteiger partial charge < -0.3 is 9.84 Å². The van der Waals surface area contributed by atoms with E-state index in [1.165, 1.54) is 25.7 Å². The van der Waals surface area contributed by atoms with Gasteiger partial charge in [0, 0.05) is 6.61 Å². The van der Waals surface area contributed by atoms with Crippen LogP contribution in [0.1, 0.15) is 91.4 Å². The van der Waals surface area contributed by atoms with Crippen LogP contribution in [0.5, 0.6) is 0 Å². The number of halogens is 6. The van der Waals surface area contributed by atoms with E-state index >= 15 is 0 Å². The Morgan fingerprint density at radius 1 is 0.833 bits per heavy atom. The van der Waals surface area contributed by atoms with Gasteiger partial charge in [0.25, 0.3) is 19.3 Å². The Bertz CT molecular complexity index is 728. The molecule has 0 bridgehead atoms. The van der Waals surface area contributed by atoms with Crippen LogP contribution in [0.25, 0.3) is 0 Å². The number of aliphatic hydroxyl groups excluding tert-OH is 1. The summed E-state index contributed by atoms with van der Waals surface area (Å²) in [5.41, 5.74) is -3.50. The topological polar surface area (TPSA) is 29.5 Å². The molecule has 0 aromatic heterocycles. The van der Waals surface area contributed by atoms with Gasteiger partial charge in [0.1, 0.15) is 0 Å². The molecule has 1 N–H and O–H groups in total. The molecule has 4 rings (SSSR count). The summed E-state index contributed by atoms with van der Waals surface area (Å²) >= 11 is 0. The molecule has 0 radical (unpaired) electrons. The van der Waals surface area contributed by atoms with Gasteiger partial charge in [0.05, 0.1) is 6.10 Å². The number of ether oxygens (including phenoxy) is 1. The lowest BCUT2D eigenvalue weighted by atomic mass is 9.44. The third kappa shape index (κ3) is 4.62. The molecule has 0 heterocycles. The van der Waals surface area contributed by atoms with E-state index in [4.69, 9.17) is 0 Å². The highest BCUT2D eigenvalue weighted by molar-refractivity contribution is 5.09. The highest BCUT2D eigenvalue weighted by Crippen LogP contribution is 2.68. The Kier molecular flexibility index (Phi) is 8.38. The molecule has 0 aromatic carbocycles. The highest BCUT2D eigenvalue weighted by Gasteiger charge is 2.61. The summed E-state index contributed by atoms with van der Waals surface area (Å²) < 4.78 is 83.2. The molecule has 2 nitrogen and oxygen atoms in total. The largest absolute Gasteiger partial charge is 0.393 e. The maximum absolute atomic E-state index is 13.1. The smallest absolute Gasteiger partial charge is 0.278 e. The first-order valence-corrected chi connectivity index (χ1v) is 14.0. The summed E-state index contributed by atoms with van der Waals surface area (Å²) in [6.45, 7) is 6.49. The van der Waals surface area contributed by atoms with E-state index in [0.29, 0.717) is 41.4 Å². The number of hydrogen-bond acceptors (Lipinski definition) is 2. The Morgan fingerprint density at radius 3 is 2.08 bits per heavy atom. The number of fused-ring (bicyclic) bond motifs is 5. The van der Waals surface area contributed by atoms with Crippen LogP contribution in [0.2, 0.25) is 0 Å². The zero-order chi connectivity index (χ0) is 26.5. The van der Waals surface area contributed by atoms with Crippen molar-refractivity contribution in [2.24, 2.45) is 46.3 Å². The first-order valence-electron chi connectivity index (χ1n) is 14.0. The molecule has 4 aliphatic rings. The molecule has 0 saturated heterocycles. The van der Waals surface area contributed by atoms with Gasteiger partial charge in [0.2, 0.25) is 5.60 Å². The fourth-order valence-corrected chi connectivity index (χ4v) is 9.54. The number of aliphatic hydroxyl groups is 1. The average Bonchev–Trinajstić information content (AvgIpc) is 3.16. The lowest BCUT2D eigenvalue weighted by molar-refractivity contribution is -0.262. The van der Waals surface area contributed by atoms with Crippen molar-refractivity contribution in [2.75, 3.05) is 6.61 Å². The van der Waals surface area contributed by atoms with Crippen molar-refractivity contribution in [1.82, 2.24) is 0 Å². The normalized spacial score (nSPS) is 41.9. The third-order valence-corrected chi connectivity index (χ3v) is 11.6. The van der Waals surface area contributed by atoms with E-state index < -0.39 is 31.5 Å². The Balaban J connectivity index is 1.36. The van der Waals surface area contributed by atoms with Gasteiger partial charge in [-0.05, 0) is 117 Å². The van der Waals surface area contributed by atoms with Crippen molar-refractivity contribution >= 4 is 0 Å². The van der Waals surface area contributed by atoms with Crippen LogP contribution in [0, 0.1) is 46.3 Å². The predicted octanol–water partition coefficient (Wildman–Crippen LogP) is 7.97. The Morgan fingerprint density at radius 2 is 1.44 bits per heavy atom. The monoisotopic (exact) mass is 526 g/mol. The number of alkyl halides is 6. The van der Waals surface area contributed by atoms with Gasteiger partial charge in [-0.15, -0.1) is 0 Å². The number of hydrogen-bond donors (Lipinski definition) is 1. The van der Waals surface area contributed by atoms with E-state index in [1.807, 2.05) is 0 Å². The molecule has 4 aliphatic carbocycles. The maximum Gasteiger partial charge on any atom is 0.278 e. The zero-order valence-electron chi connectivity index (χ0n) is 21.9. The van der Waals surface area contributed by atoms with Crippen molar-refractivity contribution in [1.29, 1.82) is 0 Å². The second-order valence-corrected chi connectivity index (χ2v) is 13.0. The molecule has 4 saturated carbocycles. The van der Waals surface area contributed by atoms with Gasteiger partial charge in [-0.1, -0.05) is 20.8 Å². The molecule has 0 aromatic rings. The minimum Gasteiger partial charge on any atom is -0.393 e. The van der Waals surface area contributed by atoms with Crippen molar-refractivity contribution in [3.8, 4) is 0 Å². The molecule has 0 aliphatic heterocycles. The van der Waals surface area contributed by atoms with Gasteiger partial charge in [-0.2, -0.15) is 0 Å². The van der Waals surface area contributed by atoms with Crippen LogP contribution in [0.3, 0.4) is 0 Å². The molecule has 0 amide bonds. The summed E-state index contributed by atoms with van der Waals surface area (Å²) in [4.78, 5) is 0. The SMILES string of the molecule is C[C@H](CCCOC(C(F)F)(C(F)F)C(F)F)[C@H]1CC[C@H]2[C@@H]3CC[C@@H]4C[C@H](O)CC[C@]4(C)[C@H]3CC[C@]12C. The summed E-state index contributed by atoms with van der Waals surface area (Å²) in [6, 6.07) is 0. The van der Waals surface area contributed by atoms with Crippen LogP contribution in [-0.2, 0) is 4.74 Å². The van der Waals surface area contributed by atoms with E-state index in [2.05, 4.69) is 25.5 Å². The molecule has 210 valence electrons. The summed E-state index contributed by atoms with van der Waals surface area (Å²) in [5.74, 6) is 3.36. The summed E-state index contributed by atoms with van der Waals surface area (Å²) in [7, 11) is 0. The molecular formula is C28H44F6O2. The van der Waals surface area contributed by atoms with Crippen molar-refractivity contribution in [3.05, 3.63) is 0 Å². The number of rotatable bonds is 9. The summed E-state index contributed by atoms with van der Waals surface area (Å²) in [5, 5.41) is 10.2. The average molecular weight is 527 g/mol. The van der Waals surface area contributed by atoms with E-state index in [9.17, 15) is 31.4 Å². The minimum atomic E-state index is -4.00. The van der Waals surface area contributed by atoms with Crippen molar-refractivity contribution < 1.29 is 36.2 Å². The summed E-state index contributed by atoms with van der Waals surface area (Å²) in [6.07, 6.45) is -1.21. The molecule has 36 heavy (non-hydrogen) atoms. The molecular weight excluding hydrogens is 482 g/mol. The van der Waals surface area contributed by atoms with E-state index in [0.717, 1.165) is 32.1 Å². The van der Waals surface area contributed by atoms with Gasteiger partial charge in [0.15, 0.2) is 0 Å². The highest BCUT2D eigenvalue weighted by atomic mass is 19.3. The van der Waals surface area contributed by atoms with Crippen LogP contribution in [-0.4, -0.2) is 42.7 Å². The van der Waals surface area contributed by atoms with E-state index in [-0.39, 0.29) is 23.9 Å². The second kappa shape index (κ2) is 10.6. The molecule has 8 heteroatoms. The lowest BCUT2D eigenvalue weighted by Crippen LogP contribution is -2.54.